The quantitative estimate of drug-likeness (QED) is 0.393. The van der Waals surface area contributed by atoms with Gasteiger partial charge in [-0.05, 0) is 41.3 Å². The molecule has 0 saturated carbocycles. The van der Waals surface area contributed by atoms with Crippen LogP contribution in [0.4, 0.5) is 5.69 Å². The van der Waals surface area contributed by atoms with Crippen molar-refractivity contribution in [2.75, 3.05) is 18.5 Å². The van der Waals surface area contributed by atoms with Crippen molar-refractivity contribution in [1.29, 1.82) is 0 Å². The number of carbonyl (C=O) groups excluding carboxylic acids is 2. The van der Waals surface area contributed by atoms with Gasteiger partial charge in [0, 0.05) is 23.2 Å². The van der Waals surface area contributed by atoms with Crippen LogP contribution in [0.2, 0.25) is 0 Å². The van der Waals surface area contributed by atoms with Gasteiger partial charge in [0.15, 0.2) is 6.61 Å². The van der Waals surface area contributed by atoms with Gasteiger partial charge in [-0.2, -0.15) is 0 Å². The molecule has 166 valence electrons. The van der Waals surface area contributed by atoms with Crippen LogP contribution in [0, 0.1) is 0 Å². The lowest BCUT2D eigenvalue weighted by Gasteiger charge is -2.21. The van der Waals surface area contributed by atoms with Gasteiger partial charge in [-0.3, -0.25) is 14.5 Å². The van der Waals surface area contributed by atoms with E-state index in [4.69, 9.17) is 4.74 Å². The molecular formula is C26H27BrN2O3. The molecule has 6 heteroatoms. The number of carbonyl (C=O) groups is 2. The van der Waals surface area contributed by atoms with Crippen molar-refractivity contribution in [2.45, 2.75) is 26.4 Å². The highest BCUT2D eigenvalue weighted by molar-refractivity contribution is 9.10. The maximum atomic E-state index is 12.5. The molecule has 3 rings (SSSR count). The first-order valence-electron chi connectivity index (χ1n) is 10.6. The van der Waals surface area contributed by atoms with Crippen LogP contribution in [0.1, 0.15) is 23.6 Å². The van der Waals surface area contributed by atoms with Crippen LogP contribution < -0.4 is 5.32 Å². The van der Waals surface area contributed by atoms with Crippen LogP contribution in [0.25, 0.3) is 0 Å². The number of nitrogens with zero attached hydrogens (tertiary/aromatic N) is 1. The number of hydrogen-bond acceptors (Lipinski definition) is 4. The first-order chi connectivity index (χ1) is 15.5. The van der Waals surface area contributed by atoms with E-state index in [-0.39, 0.29) is 19.1 Å². The van der Waals surface area contributed by atoms with Gasteiger partial charge in [0.2, 0.25) is 0 Å². The number of ether oxygens (including phenoxy) is 1. The van der Waals surface area contributed by atoms with Crippen LogP contribution in [-0.2, 0) is 33.8 Å². The summed E-state index contributed by atoms with van der Waals surface area (Å²) in [6.45, 7) is 3.01. The Labute approximate surface area is 197 Å². The standard InChI is InChI=1S/C26H27BrN2O3/c1-2-22-15-23(27)13-14-24(22)28-25(30)19-32-26(31)18-29(16-20-9-5-3-6-10-20)17-21-11-7-4-8-12-21/h3-15H,2,16-19H2,1H3,(H,28,30). The number of hydrogen-bond donors (Lipinski definition) is 1. The lowest BCUT2D eigenvalue weighted by atomic mass is 10.1. The number of benzene rings is 3. The van der Waals surface area contributed by atoms with E-state index in [1.54, 1.807) is 0 Å². The molecule has 0 aliphatic rings. The molecule has 0 saturated heterocycles. The third-order valence-corrected chi connectivity index (χ3v) is 5.43. The van der Waals surface area contributed by atoms with Crippen molar-refractivity contribution in [1.82, 2.24) is 4.90 Å². The van der Waals surface area contributed by atoms with Crippen molar-refractivity contribution in [2.24, 2.45) is 0 Å². The maximum Gasteiger partial charge on any atom is 0.320 e. The Kier molecular flexibility index (Phi) is 9.01. The molecule has 0 atom stereocenters. The second-order valence-corrected chi connectivity index (χ2v) is 8.40. The summed E-state index contributed by atoms with van der Waals surface area (Å²) in [6.07, 6.45) is 0.781. The molecule has 5 nitrogen and oxygen atoms in total. The van der Waals surface area contributed by atoms with Gasteiger partial charge in [-0.1, -0.05) is 83.5 Å². The first-order valence-corrected chi connectivity index (χ1v) is 11.4. The lowest BCUT2D eigenvalue weighted by Crippen LogP contribution is -2.32. The van der Waals surface area contributed by atoms with Crippen LogP contribution in [0.15, 0.2) is 83.3 Å². The summed E-state index contributed by atoms with van der Waals surface area (Å²) < 4.78 is 6.23. The van der Waals surface area contributed by atoms with Crippen molar-refractivity contribution in [3.05, 3.63) is 100 Å². The molecule has 0 aliphatic heterocycles. The summed E-state index contributed by atoms with van der Waals surface area (Å²) >= 11 is 3.44. The molecule has 0 unspecified atom stereocenters. The second kappa shape index (κ2) is 12.2. The van der Waals surface area contributed by atoms with Crippen molar-refractivity contribution in [3.63, 3.8) is 0 Å². The summed E-state index contributed by atoms with van der Waals surface area (Å²) in [5.41, 5.74) is 3.95. The molecule has 0 fully saturated rings. The minimum absolute atomic E-state index is 0.0928. The van der Waals surface area contributed by atoms with Gasteiger partial charge in [0.1, 0.15) is 0 Å². The highest BCUT2D eigenvalue weighted by atomic mass is 79.9. The van der Waals surface area contributed by atoms with E-state index in [0.717, 1.165) is 33.3 Å². The average Bonchev–Trinajstić information content (AvgIpc) is 2.80. The molecule has 0 heterocycles. The summed E-state index contributed by atoms with van der Waals surface area (Å²) in [5.74, 6) is -0.786. The molecule has 0 aromatic heterocycles. The van der Waals surface area contributed by atoms with E-state index in [0.29, 0.717) is 13.1 Å². The molecule has 3 aromatic rings. The Balaban J connectivity index is 1.56. The summed E-state index contributed by atoms with van der Waals surface area (Å²) in [7, 11) is 0. The number of halogens is 1. The predicted octanol–water partition coefficient (Wildman–Crippen LogP) is 5.20. The molecule has 0 radical (unpaired) electrons. The fourth-order valence-corrected chi connectivity index (χ4v) is 3.80. The van der Waals surface area contributed by atoms with E-state index in [2.05, 4.69) is 21.2 Å². The molecular weight excluding hydrogens is 468 g/mol. The summed E-state index contributed by atoms with van der Waals surface area (Å²) in [6, 6.07) is 25.6. The van der Waals surface area contributed by atoms with Crippen LogP contribution in [0.3, 0.4) is 0 Å². The van der Waals surface area contributed by atoms with Gasteiger partial charge < -0.3 is 10.1 Å². The zero-order valence-corrected chi connectivity index (χ0v) is 19.7. The third kappa shape index (κ3) is 7.62. The molecule has 0 aliphatic carbocycles. The monoisotopic (exact) mass is 494 g/mol. The Bertz CT molecular complexity index is 984. The number of amides is 1. The van der Waals surface area contributed by atoms with Gasteiger partial charge in [-0.15, -0.1) is 0 Å². The smallest absolute Gasteiger partial charge is 0.320 e. The number of rotatable bonds is 10. The van der Waals surface area contributed by atoms with Crippen molar-refractivity contribution < 1.29 is 14.3 Å². The second-order valence-electron chi connectivity index (χ2n) is 7.48. The molecule has 1 N–H and O–H groups in total. The lowest BCUT2D eigenvalue weighted by molar-refractivity contribution is -0.148. The fraction of sp³-hybridized carbons (Fsp3) is 0.231. The zero-order chi connectivity index (χ0) is 22.8. The molecule has 0 bridgehead atoms. The number of nitrogens with one attached hydrogen (secondary N) is 1. The Hall–Kier alpha value is -2.96. The number of anilines is 1. The largest absolute Gasteiger partial charge is 0.455 e. The van der Waals surface area contributed by atoms with Crippen LogP contribution in [0.5, 0.6) is 0 Å². The minimum atomic E-state index is -0.432. The predicted molar refractivity (Wildman–Crippen MR) is 130 cm³/mol. The van der Waals surface area contributed by atoms with Gasteiger partial charge in [0.05, 0.1) is 6.54 Å². The van der Waals surface area contributed by atoms with E-state index in [1.165, 1.54) is 0 Å². The zero-order valence-electron chi connectivity index (χ0n) is 18.1. The van der Waals surface area contributed by atoms with Gasteiger partial charge in [-0.25, -0.2) is 0 Å². The Morgan fingerprint density at radius 1 is 0.906 bits per heavy atom. The fourth-order valence-electron chi connectivity index (χ4n) is 3.39. The van der Waals surface area contributed by atoms with Crippen LogP contribution in [-0.4, -0.2) is 29.9 Å². The molecule has 3 aromatic carbocycles. The van der Waals surface area contributed by atoms with E-state index in [9.17, 15) is 9.59 Å². The molecule has 32 heavy (non-hydrogen) atoms. The first kappa shape index (κ1) is 23.7. The third-order valence-electron chi connectivity index (χ3n) is 4.94. The van der Waals surface area contributed by atoms with Crippen LogP contribution >= 0.6 is 15.9 Å². The number of aryl methyl sites for hydroxylation is 1. The maximum absolute atomic E-state index is 12.5. The Morgan fingerprint density at radius 3 is 2.06 bits per heavy atom. The SMILES string of the molecule is CCc1cc(Br)ccc1NC(=O)COC(=O)CN(Cc1ccccc1)Cc1ccccc1. The highest BCUT2D eigenvalue weighted by Crippen LogP contribution is 2.21. The summed E-state index contributed by atoms with van der Waals surface area (Å²) in [5, 5.41) is 2.83. The van der Waals surface area contributed by atoms with Gasteiger partial charge in [0.25, 0.3) is 5.91 Å². The average molecular weight is 495 g/mol. The highest BCUT2D eigenvalue weighted by Gasteiger charge is 2.15. The van der Waals surface area contributed by atoms with Crippen molar-refractivity contribution >= 4 is 33.5 Å². The van der Waals surface area contributed by atoms with E-state index < -0.39 is 5.97 Å². The molecule has 1 amide bonds. The van der Waals surface area contributed by atoms with E-state index >= 15 is 0 Å². The van der Waals surface area contributed by atoms with Crippen molar-refractivity contribution in [3.8, 4) is 0 Å². The Morgan fingerprint density at radius 2 is 1.50 bits per heavy atom. The minimum Gasteiger partial charge on any atom is -0.455 e. The van der Waals surface area contributed by atoms with E-state index in [1.807, 2.05) is 90.7 Å². The topological polar surface area (TPSA) is 58.6 Å². The molecule has 0 spiro atoms. The normalized spacial score (nSPS) is 10.7. The van der Waals surface area contributed by atoms with Gasteiger partial charge >= 0.3 is 5.97 Å². The number of esters is 1. The summed E-state index contributed by atoms with van der Waals surface area (Å²) in [4.78, 5) is 26.8.